The molecule has 8 nitrogen and oxygen atoms in total. The van der Waals surface area contributed by atoms with E-state index < -0.39 is 0 Å². The number of thiophene rings is 1. The van der Waals surface area contributed by atoms with Crippen molar-refractivity contribution in [1.82, 2.24) is 14.8 Å². The van der Waals surface area contributed by atoms with E-state index >= 15 is 0 Å². The minimum absolute atomic E-state index is 0.0685. The predicted molar refractivity (Wildman–Crippen MR) is 143 cm³/mol. The predicted octanol–water partition coefficient (Wildman–Crippen LogP) is 3.69. The molecular weight excluding hydrogens is 458 g/mol. The number of anilines is 2. The number of pyridine rings is 1. The number of nitrogen functional groups attached to an aromatic ring is 1. The minimum Gasteiger partial charge on any atom is -0.389 e. The summed E-state index contributed by atoms with van der Waals surface area (Å²) in [5, 5.41) is 14.7. The van der Waals surface area contributed by atoms with Gasteiger partial charge in [0.15, 0.2) is 5.84 Å². The molecule has 1 saturated heterocycles. The molecule has 35 heavy (non-hydrogen) atoms. The third kappa shape index (κ3) is 5.22. The van der Waals surface area contributed by atoms with E-state index in [2.05, 4.69) is 51.9 Å². The molecule has 0 saturated carbocycles. The van der Waals surface area contributed by atoms with E-state index in [0.29, 0.717) is 10.6 Å². The molecule has 1 fully saturated rings. The summed E-state index contributed by atoms with van der Waals surface area (Å²) in [5.41, 5.74) is 8.62. The summed E-state index contributed by atoms with van der Waals surface area (Å²) in [5.74, 6) is 1.77. The highest BCUT2D eigenvalue weighted by molar-refractivity contribution is 7.16. The van der Waals surface area contributed by atoms with Crippen LogP contribution in [0.4, 0.5) is 10.8 Å². The number of terminal acetylenes is 1. The lowest BCUT2D eigenvalue weighted by atomic mass is 9.83. The van der Waals surface area contributed by atoms with Crippen molar-refractivity contribution < 1.29 is 4.84 Å². The standard InChI is InChI=1S/C22H27N7OS.C2H6.C2H2/c1-27-9-11-29(12-10-27)18-8-4-6-16(25-18)21-26-30-22(28(21)2)14-5-3-7-17-19(14)15(13-23)20(24)31-17;2*1-2/h4,6,8,14,22H,3,5,7,9-12,24H2,1-2H3;1-2H3;1-2H. The van der Waals surface area contributed by atoms with Crippen molar-refractivity contribution in [2.75, 3.05) is 50.9 Å². The zero-order chi connectivity index (χ0) is 25.5. The molecule has 4 heterocycles. The van der Waals surface area contributed by atoms with Gasteiger partial charge in [-0.2, -0.15) is 5.26 Å². The summed E-state index contributed by atoms with van der Waals surface area (Å²) in [6.07, 6.45) is 10.7. The van der Waals surface area contributed by atoms with Crippen molar-refractivity contribution in [1.29, 1.82) is 5.26 Å². The number of nitrogens with zero attached hydrogens (tertiary/aromatic N) is 6. The zero-order valence-electron chi connectivity index (χ0n) is 21.1. The molecule has 9 heteroatoms. The Kier molecular flexibility index (Phi) is 8.97. The summed E-state index contributed by atoms with van der Waals surface area (Å²) in [6.45, 7) is 8.01. The third-order valence-electron chi connectivity index (χ3n) is 6.55. The minimum atomic E-state index is -0.260. The van der Waals surface area contributed by atoms with Gasteiger partial charge >= 0.3 is 0 Å². The van der Waals surface area contributed by atoms with E-state index in [1.54, 1.807) is 11.3 Å². The second-order valence-corrected chi connectivity index (χ2v) is 9.62. The molecule has 2 N–H and O–H groups in total. The molecule has 0 spiro atoms. The first kappa shape index (κ1) is 26.3. The second-order valence-electron chi connectivity index (χ2n) is 8.48. The maximum atomic E-state index is 9.67. The van der Waals surface area contributed by atoms with Gasteiger partial charge in [-0.15, -0.1) is 24.2 Å². The van der Waals surface area contributed by atoms with Gasteiger partial charge in [0.2, 0.25) is 6.23 Å². The summed E-state index contributed by atoms with van der Waals surface area (Å²) in [4.78, 5) is 18.8. The molecule has 186 valence electrons. The van der Waals surface area contributed by atoms with Crippen LogP contribution in [0.5, 0.6) is 0 Å². The number of hydrogen-bond acceptors (Lipinski definition) is 9. The largest absolute Gasteiger partial charge is 0.389 e. The number of amidine groups is 1. The highest BCUT2D eigenvalue weighted by Crippen LogP contribution is 2.45. The van der Waals surface area contributed by atoms with E-state index in [1.807, 2.05) is 33.0 Å². The molecule has 2 aromatic rings. The number of aryl methyl sites for hydroxylation is 1. The molecule has 2 aromatic heterocycles. The molecule has 3 aliphatic rings. The van der Waals surface area contributed by atoms with Crippen molar-refractivity contribution in [3.63, 3.8) is 0 Å². The fourth-order valence-electron chi connectivity index (χ4n) is 4.81. The number of oxime groups is 1. The van der Waals surface area contributed by atoms with E-state index in [9.17, 15) is 5.26 Å². The fourth-order valence-corrected chi connectivity index (χ4v) is 5.94. The molecule has 5 rings (SSSR count). The Bertz CT molecular complexity index is 1090. The lowest BCUT2D eigenvalue weighted by Crippen LogP contribution is -2.45. The first-order valence-electron chi connectivity index (χ1n) is 12.1. The summed E-state index contributed by atoms with van der Waals surface area (Å²) in [6, 6.07) is 8.39. The molecule has 0 amide bonds. The highest BCUT2D eigenvalue weighted by atomic mass is 32.1. The van der Waals surface area contributed by atoms with Crippen molar-refractivity contribution in [3.05, 3.63) is 39.9 Å². The number of nitriles is 1. The van der Waals surface area contributed by atoms with Gasteiger partial charge in [0.1, 0.15) is 22.6 Å². The Morgan fingerprint density at radius 1 is 1.17 bits per heavy atom. The van der Waals surface area contributed by atoms with Crippen LogP contribution in [0.1, 0.15) is 54.3 Å². The van der Waals surface area contributed by atoms with Crippen LogP contribution in [0.3, 0.4) is 0 Å². The summed E-state index contributed by atoms with van der Waals surface area (Å²) in [7, 11) is 4.15. The van der Waals surface area contributed by atoms with Gasteiger partial charge in [-0.05, 0) is 44.0 Å². The number of likely N-dealkylation sites (N-methyl/N-ethyl adjacent to an activating group) is 2. The Labute approximate surface area is 213 Å². The first-order valence-corrected chi connectivity index (χ1v) is 12.9. The van der Waals surface area contributed by atoms with Crippen LogP contribution in [0.2, 0.25) is 0 Å². The van der Waals surface area contributed by atoms with Crippen LogP contribution in [0.15, 0.2) is 23.4 Å². The van der Waals surface area contributed by atoms with Gasteiger partial charge in [-0.1, -0.05) is 25.1 Å². The van der Waals surface area contributed by atoms with Crippen LogP contribution >= 0.6 is 11.3 Å². The van der Waals surface area contributed by atoms with Gasteiger partial charge in [-0.25, -0.2) is 4.98 Å². The zero-order valence-corrected chi connectivity index (χ0v) is 21.9. The van der Waals surface area contributed by atoms with Crippen molar-refractivity contribution in [2.24, 2.45) is 5.16 Å². The molecule has 1 aliphatic carbocycles. The van der Waals surface area contributed by atoms with Crippen LogP contribution in [0, 0.1) is 24.2 Å². The second kappa shape index (κ2) is 11.9. The van der Waals surface area contributed by atoms with Gasteiger partial charge < -0.3 is 25.3 Å². The van der Waals surface area contributed by atoms with Crippen molar-refractivity contribution in [3.8, 4) is 18.9 Å². The Morgan fingerprint density at radius 2 is 1.89 bits per heavy atom. The van der Waals surface area contributed by atoms with Gasteiger partial charge in [-0.3, -0.25) is 0 Å². The monoisotopic (exact) mass is 493 g/mol. The lowest BCUT2D eigenvalue weighted by molar-refractivity contribution is -0.00412. The van der Waals surface area contributed by atoms with Crippen molar-refractivity contribution >= 4 is 28.0 Å². The smallest absolute Gasteiger partial charge is 0.208 e. The highest BCUT2D eigenvalue weighted by Gasteiger charge is 2.41. The van der Waals surface area contributed by atoms with Crippen LogP contribution in [-0.2, 0) is 11.3 Å². The quantitative estimate of drug-likeness (QED) is 0.652. The maximum Gasteiger partial charge on any atom is 0.208 e. The van der Waals surface area contributed by atoms with Gasteiger partial charge in [0.25, 0.3) is 0 Å². The molecule has 0 aromatic carbocycles. The fraction of sp³-hybridized carbons (Fsp3) is 0.500. The van der Waals surface area contributed by atoms with E-state index in [1.165, 1.54) is 4.88 Å². The van der Waals surface area contributed by atoms with Crippen LogP contribution < -0.4 is 10.6 Å². The van der Waals surface area contributed by atoms with Crippen LogP contribution in [-0.4, -0.2) is 67.1 Å². The normalized spacial score (nSPS) is 21.3. The molecule has 0 radical (unpaired) electrons. The Morgan fingerprint density at radius 3 is 2.57 bits per heavy atom. The van der Waals surface area contributed by atoms with E-state index in [0.717, 1.165) is 68.4 Å². The lowest BCUT2D eigenvalue weighted by Gasteiger charge is -2.33. The third-order valence-corrected chi connectivity index (χ3v) is 7.64. The number of piperazine rings is 1. The first-order chi connectivity index (χ1) is 17.1. The molecule has 2 aliphatic heterocycles. The average molecular weight is 494 g/mol. The summed E-state index contributed by atoms with van der Waals surface area (Å²) < 4.78 is 0. The van der Waals surface area contributed by atoms with Gasteiger partial charge in [0, 0.05) is 44.0 Å². The molecular formula is C26H35N7OS. The van der Waals surface area contributed by atoms with Crippen molar-refractivity contribution in [2.45, 2.75) is 45.3 Å². The Hall–Kier alpha value is -3.27. The van der Waals surface area contributed by atoms with E-state index in [4.69, 9.17) is 15.6 Å². The molecule has 2 unspecified atom stereocenters. The average Bonchev–Trinajstić information content (AvgIpc) is 3.45. The number of nitrogens with two attached hydrogens (primary N) is 1. The summed E-state index contributed by atoms with van der Waals surface area (Å²) >= 11 is 1.54. The maximum absolute atomic E-state index is 9.67. The SMILES string of the molecule is C#C.CC.CN1CCN(c2cccc(C3=NOC(C4CCCc5sc(N)c(C#N)c54)N3C)n2)CC1. The molecule has 2 atom stereocenters. The number of aromatic nitrogens is 1. The van der Waals surface area contributed by atoms with E-state index in [-0.39, 0.29) is 12.1 Å². The molecule has 0 bridgehead atoms. The number of fused-ring (bicyclic) bond motifs is 1. The Balaban J connectivity index is 0.000000815. The topological polar surface area (TPSA) is 94.0 Å². The number of hydrogen-bond donors (Lipinski definition) is 1. The number of rotatable bonds is 3. The van der Waals surface area contributed by atoms with Gasteiger partial charge in [0.05, 0.1) is 5.56 Å². The van der Waals surface area contributed by atoms with Crippen LogP contribution in [0.25, 0.3) is 0 Å².